The predicted octanol–water partition coefficient (Wildman–Crippen LogP) is 3.89. The Morgan fingerprint density at radius 2 is 2.00 bits per heavy atom. The summed E-state index contributed by atoms with van der Waals surface area (Å²) in [5.41, 5.74) is 1.94. The zero-order valence-electron chi connectivity index (χ0n) is 10.6. The molecule has 19 heavy (non-hydrogen) atoms. The Bertz CT molecular complexity index is 560. The van der Waals surface area contributed by atoms with Crippen molar-refractivity contribution in [2.45, 2.75) is 13.2 Å². The molecule has 0 aliphatic rings. The van der Waals surface area contributed by atoms with Crippen LogP contribution in [0, 0.1) is 5.82 Å². The van der Waals surface area contributed by atoms with E-state index in [1.165, 1.54) is 6.07 Å². The van der Waals surface area contributed by atoms with Gasteiger partial charge in [0.25, 0.3) is 0 Å². The molecule has 2 rings (SSSR count). The molecule has 0 amide bonds. The molecule has 2 aromatic rings. The standard InChI is InChI=1S/C15H15BrFNO/c1-18-9-11-4-2-6-13(8-11)19-10-12-5-3-7-14(17)15(12)16/h2-8,18H,9-10H2,1H3. The van der Waals surface area contributed by atoms with E-state index in [2.05, 4.69) is 21.2 Å². The minimum Gasteiger partial charge on any atom is -0.489 e. The lowest BCUT2D eigenvalue weighted by Gasteiger charge is -2.09. The van der Waals surface area contributed by atoms with Crippen molar-refractivity contribution in [2.24, 2.45) is 0 Å². The summed E-state index contributed by atoms with van der Waals surface area (Å²) >= 11 is 3.23. The summed E-state index contributed by atoms with van der Waals surface area (Å²) in [6.45, 7) is 1.13. The molecule has 2 nitrogen and oxygen atoms in total. The molecule has 0 heterocycles. The van der Waals surface area contributed by atoms with Crippen LogP contribution in [0.4, 0.5) is 4.39 Å². The number of hydrogen-bond donors (Lipinski definition) is 1. The van der Waals surface area contributed by atoms with Gasteiger partial charge in [-0.3, -0.25) is 0 Å². The van der Waals surface area contributed by atoms with Crippen LogP contribution in [-0.4, -0.2) is 7.05 Å². The maximum absolute atomic E-state index is 13.4. The smallest absolute Gasteiger partial charge is 0.137 e. The first-order valence-electron chi connectivity index (χ1n) is 6.00. The predicted molar refractivity (Wildman–Crippen MR) is 77.6 cm³/mol. The first-order valence-corrected chi connectivity index (χ1v) is 6.79. The summed E-state index contributed by atoms with van der Waals surface area (Å²) in [5, 5.41) is 3.09. The topological polar surface area (TPSA) is 21.3 Å². The van der Waals surface area contributed by atoms with Gasteiger partial charge in [0, 0.05) is 12.1 Å². The number of benzene rings is 2. The average Bonchev–Trinajstić information content (AvgIpc) is 2.41. The van der Waals surface area contributed by atoms with Gasteiger partial charge in [-0.1, -0.05) is 24.3 Å². The van der Waals surface area contributed by atoms with Crippen molar-refractivity contribution < 1.29 is 9.13 Å². The van der Waals surface area contributed by atoms with Crippen LogP contribution in [0.3, 0.4) is 0 Å². The highest BCUT2D eigenvalue weighted by Crippen LogP contribution is 2.22. The molecule has 0 fully saturated rings. The molecule has 0 radical (unpaired) electrons. The lowest BCUT2D eigenvalue weighted by molar-refractivity contribution is 0.304. The lowest BCUT2D eigenvalue weighted by atomic mass is 10.2. The second-order valence-corrected chi connectivity index (χ2v) is 4.97. The zero-order chi connectivity index (χ0) is 13.7. The number of nitrogens with one attached hydrogen (secondary N) is 1. The molecular weight excluding hydrogens is 309 g/mol. The fraction of sp³-hybridized carbons (Fsp3) is 0.200. The van der Waals surface area contributed by atoms with E-state index < -0.39 is 0 Å². The van der Waals surface area contributed by atoms with E-state index in [1.54, 1.807) is 6.07 Å². The highest BCUT2D eigenvalue weighted by molar-refractivity contribution is 9.10. The fourth-order valence-corrected chi connectivity index (χ4v) is 2.15. The third kappa shape index (κ3) is 3.78. The van der Waals surface area contributed by atoms with Crippen LogP contribution < -0.4 is 10.1 Å². The van der Waals surface area contributed by atoms with Gasteiger partial charge >= 0.3 is 0 Å². The second-order valence-electron chi connectivity index (χ2n) is 4.18. The van der Waals surface area contributed by atoms with Gasteiger partial charge in [-0.2, -0.15) is 0 Å². The van der Waals surface area contributed by atoms with Crippen molar-refractivity contribution in [2.75, 3.05) is 7.05 Å². The average molecular weight is 324 g/mol. The molecule has 0 aromatic heterocycles. The Morgan fingerprint density at radius 1 is 1.21 bits per heavy atom. The van der Waals surface area contributed by atoms with Crippen LogP contribution >= 0.6 is 15.9 Å². The highest BCUT2D eigenvalue weighted by atomic mass is 79.9. The molecular formula is C15H15BrFNO. The van der Waals surface area contributed by atoms with Crippen LogP contribution in [0.25, 0.3) is 0 Å². The van der Waals surface area contributed by atoms with E-state index in [-0.39, 0.29) is 5.82 Å². The molecule has 0 saturated heterocycles. The lowest BCUT2D eigenvalue weighted by Crippen LogP contribution is -2.05. The summed E-state index contributed by atoms with van der Waals surface area (Å²) < 4.78 is 19.5. The van der Waals surface area contributed by atoms with Crippen molar-refractivity contribution in [3.63, 3.8) is 0 Å². The van der Waals surface area contributed by atoms with Crippen LogP contribution in [0.2, 0.25) is 0 Å². The summed E-state index contributed by atoms with van der Waals surface area (Å²) in [6, 6.07) is 12.8. The van der Waals surface area contributed by atoms with E-state index in [0.29, 0.717) is 11.1 Å². The fourth-order valence-electron chi connectivity index (χ4n) is 1.77. The highest BCUT2D eigenvalue weighted by Gasteiger charge is 2.05. The van der Waals surface area contributed by atoms with Crippen molar-refractivity contribution in [3.8, 4) is 5.75 Å². The van der Waals surface area contributed by atoms with E-state index in [1.807, 2.05) is 37.4 Å². The normalized spacial score (nSPS) is 10.5. The van der Waals surface area contributed by atoms with Crippen molar-refractivity contribution in [1.29, 1.82) is 0 Å². The molecule has 1 N–H and O–H groups in total. The minimum absolute atomic E-state index is 0.273. The molecule has 100 valence electrons. The Morgan fingerprint density at radius 3 is 2.79 bits per heavy atom. The molecule has 0 unspecified atom stereocenters. The molecule has 0 aliphatic carbocycles. The minimum atomic E-state index is -0.273. The van der Waals surface area contributed by atoms with Gasteiger partial charge in [-0.05, 0) is 46.7 Å². The van der Waals surface area contributed by atoms with Crippen LogP contribution in [-0.2, 0) is 13.2 Å². The first kappa shape index (κ1) is 14.0. The SMILES string of the molecule is CNCc1cccc(OCc2cccc(F)c2Br)c1. The maximum atomic E-state index is 13.4. The van der Waals surface area contributed by atoms with E-state index in [4.69, 9.17) is 4.74 Å². The molecule has 0 bridgehead atoms. The Labute approximate surface area is 120 Å². The number of rotatable bonds is 5. The van der Waals surface area contributed by atoms with E-state index in [9.17, 15) is 4.39 Å². The zero-order valence-corrected chi connectivity index (χ0v) is 12.2. The van der Waals surface area contributed by atoms with Gasteiger partial charge in [-0.15, -0.1) is 0 Å². The molecule has 2 aromatic carbocycles. The van der Waals surface area contributed by atoms with Crippen molar-refractivity contribution in [1.82, 2.24) is 5.32 Å². The summed E-state index contributed by atoms with van der Waals surface area (Å²) in [7, 11) is 1.90. The van der Waals surface area contributed by atoms with Crippen LogP contribution in [0.1, 0.15) is 11.1 Å². The largest absolute Gasteiger partial charge is 0.489 e. The summed E-state index contributed by atoms with van der Waals surface area (Å²) in [4.78, 5) is 0. The third-order valence-corrected chi connectivity index (χ3v) is 3.59. The Kier molecular flexibility index (Phi) is 4.93. The van der Waals surface area contributed by atoms with Crippen molar-refractivity contribution in [3.05, 3.63) is 63.9 Å². The number of hydrogen-bond acceptors (Lipinski definition) is 2. The van der Waals surface area contributed by atoms with Crippen LogP contribution in [0.15, 0.2) is 46.9 Å². The maximum Gasteiger partial charge on any atom is 0.137 e. The Hall–Kier alpha value is -1.39. The van der Waals surface area contributed by atoms with Gasteiger partial charge in [0.15, 0.2) is 0 Å². The molecule has 0 spiro atoms. The second kappa shape index (κ2) is 6.68. The van der Waals surface area contributed by atoms with Gasteiger partial charge < -0.3 is 10.1 Å². The molecule has 0 aliphatic heterocycles. The number of halogens is 2. The van der Waals surface area contributed by atoms with Gasteiger partial charge in [0.05, 0.1) is 4.47 Å². The molecule has 0 saturated carbocycles. The third-order valence-electron chi connectivity index (χ3n) is 2.71. The van der Waals surface area contributed by atoms with E-state index >= 15 is 0 Å². The van der Waals surface area contributed by atoms with Crippen molar-refractivity contribution >= 4 is 15.9 Å². The summed E-state index contributed by atoms with van der Waals surface area (Å²) in [6.07, 6.45) is 0. The van der Waals surface area contributed by atoms with Gasteiger partial charge in [0.1, 0.15) is 18.2 Å². The summed E-state index contributed by atoms with van der Waals surface area (Å²) in [5.74, 6) is 0.508. The first-order chi connectivity index (χ1) is 9.20. The van der Waals surface area contributed by atoms with Gasteiger partial charge in [0.2, 0.25) is 0 Å². The molecule has 4 heteroatoms. The quantitative estimate of drug-likeness (QED) is 0.901. The molecule has 0 atom stereocenters. The van der Waals surface area contributed by atoms with Crippen LogP contribution in [0.5, 0.6) is 5.75 Å². The Balaban J connectivity index is 2.06. The monoisotopic (exact) mass is 323 g/mol. The van der Waals surface area contributed by atoms with Gasteiger partial charge in [-0.25, -0.2) is 4.39 Å². The number of ether oxygens (including phenoxy) is 1. The van der Waals surface area contributed by atoms with E-state index in [0.717, 1.165) is 23.4 Å².